The molecule has 49 heavy (non-hydrogen) atoms. The molecule has 5 aromatic rings. The van der Waals surface area contributed by atoms with E-state index >= 15 is 0 Å². The lowest BCUT2D eigenvalue weighted by atomic mass is 9.61. The van der Waals surface area contributed by atoms with E-state index in [1.165, 1.54) is 72.4 Å². The van der Waals surface area contributed by atoms with Gasteiger partial charge in [-0.05, 0) is 107 Å². The van der Waals surface area contributed by atoms with Crippen molar-refractivity contribution in [2.75, 3.05) is 0 Å². The highest BCUT2D eigenvalue weighted by Gasteiger charge is 2.51. The van der Waals surface area contributed by atoms with E-state index in [1.54, 1.807) is 0 Å². The molecule has 0 aromatic heterocycles. The van der Waals surface area contributed by atoms with Crippen LogP contribution in [0.15, 0.2) is 175 Å². The van der Waals surface area contributed by atoms with Gasteiger partial charge in [0.05, 0.1) is 5.41 Å². The molecule has 0 heterocycles. The fourth-order valence-electron chi connectivity index (χ4n) is 10.5. The molecule has 2 unspecified atom stereocenters. The Kier molecular flexibility index (Phi) is 5.97. The summed E-state index contributed by atoms with van der Waals surface area (Å²) in [4.78, 5) is 0. The van der Waals surface area contributed by atoms with Gasteiger partial charge in [-0.3, -0.25) is 0 Å². The van der Waals surface area contributed by atoms with Crippen LogP contribution in [-0.4, -0.2) is 0 Å². The van der Waals surface area contributed by atoms with Crippen LogP contribution in [0.2, 0.25) is 0 Å². The van der Waals surface area contributed by atoms with E-state index in [2.05, 4.69) is 179 Å². The number of hydrogen-bond acceptors (Lipinski definition) is 0. The van der Waals surface area contributed by atoms with Gasteiger partial charge in [0.15, 0.2) is 0 Å². The summed E-state index contributed by atoms with van der Waals surface area (Å²) in [6.45, 7) is 11.7. The van der Waals surface area contributed by atoms with Crippen molar-refractivity contribution in [2.24, 2.45) is 11.8 Å². The van der Waals surface area contributed by atoms with E-state index in [-0.39, 0.29) is 11.3 Å². The first-order valence-corrected chi connectivity index (χ1v) is 17.9. The first-order chi connectivity index (χ1) is 23.9. The third-order valence-electron chi connectivity index (χ3n) is 12.7. The van der Waals surface area contributed by atoms with Crippen LogP contribution in [0.3, 0.4) is 0 Å². The molecule has 5 aliphatic rings. The monoisotopic (exact) mass is 628 g/mol. The molecule has 0 heteroatoms. The maximum Gasteiger partial charge on any atom is 0.0710 e. The van der Waals surface area contributed by atoms with Gasteiger partial charge >= 0.3 is 0 Å². The highest BCUT2D eigenvalue weighted by atomic mass is 14.5. The molecule has 236 valence electrons. The van der Waals surface area contributed by atoms with Gasteiger partial charge in [0.25, 0.3) is 0 Å². The van der Waals surface area contributed by atoms with Crippen LogP contribution in [0.5, 0.6) is 0 Å². The van der Waals surface area contributed by atoms with Gasteiger partial charge < -0.3 is 0 Å². The molecule has 4 atom stereocenters. The van der Waals surface area contributed by atoms with Crippen LogP contribution in [-0.2, 0) is 10.8 Å². The summed E-state index contributed by atoms with van der Waals surface area (Å²) in [7, 11) is 0. The summed E-state index contributed by atoms with van der Waals surface area (Å²) in [6.07, 6.45) is 12.3. The van der Waals surface area contributed by atoms with Gasteiger partial charge in [-0.25, -0.2) is 0 Å². The fourth-order valence-corrected chi connectivity index (χ4v) is 10.5. The first kappa shape index (κ1) is 28.8. The van der Waals surface area contributed by atoms with Gasteiger partial charge in [-0.1, -0.05) is 167 Å². The molecule has 5 aromatic carbocycles. The van der Waals surface area contributed by atoms with E-state index < -0.39 is 5.41 Å². The predicted molar refractivity (Wildman–Crippen MR) is 204 cm³/mol. The summed E-state index contributed by atoms with van der Waals surface area (Å²) in [6, 6.07) is 46.0. The minimum atomic E-state index is -0.445. The lowest BCUT2D eigenvalue weighted by Gasteiger charge is -2.41. The van der Waals surface area contributed by atoms with Crippen molar-refractivity contribution in [3.05, 3.63) is 220 Å². The molecule has 0 saturated heterocycles. The summed E-state index contributed by atoms with van der Waals surface area (Å²) in [5.74, 6) is 1.40. The van der Waals surface area contributed by atoms with Gasteiger partial charge in [0, 0.05) is 11.8 Å². The van der Waals surface area contributed by atoms with E-state index in [1.807, 2.05) is 0 Å². The molecule has 5 aliphatic carbocycles. The number of hydrogen-bond donors (Lipinski definition) is 0. The van der Waals surface area contributed by atoms with Crippen molar-refractivity contribution in [2.45, 2.75) is 43.4 Å². The van der Waals surface area contributed by atoms with Crippen molar-refractivity contribution >= 4 is 5.57 Å². The Hall–Kier alpha value is -5.20. The average molecular weight is 629 g/mol. The largest absolute Gasteiger partial charge is 0.0917 e. The number of fused-ring (bicyclic) bond motifs is 9. The van der Waals surface area contributed by atoms with Crippen molar-refractivity contribution in [3.8, 4) is 11.1 Å². The summed E-state index contributed by atoms with van der Waals surface area (Å²) in [5.41, 5.74) is 18.7. The van der Waals surface area contributed by atoms with Crippen LogP contribution >= 0.6 is 0 Å². The van der Waals surface area contributed by atoms with Crippen LogP contribution < -0.4 is 0 Å². The Balaban J connectivity index is 1.25. The minimum Gasteiger partial charge on any atom is -0.0917 e. The van der Waals surface area contributed by atoms with Crippen molar-refractivity contribution in [3.63, 3.8) is 0 Å². The topological polar surface area (TPSA) is 0 Å². The Labute approximate surface area is 290 Å². The van der Waals surface area contributed by atoms with E-state index in [0.717, 1.165) is 5.57 Å². The van der Waals surface area contributed by atoms with Crippen LogP contribution in [0, 0.1) is 11.8 Å². The van der Waals surface area contributed by atoms with Gasteiger partial charge in [-0.15, -0.1) is 0 Å². The zero-order valence-corrected chi connectivity index (χ0v) is 28.5. The Morgan fingerprint density at radius 3 is 2.02 bits per heavy atom. The molecule has 10 rings (SSSR count). The molecule has 0 fully saturated rings. The summed E-state index contributed by atoms with van der Waals surface area (Å²) >= 11 is 0. The highest BCUT2D eigenvalue weighted by molar-refractivity contribution is 5.92. The summed E-state index contributed by atoms with van der Waals surface area (Å²) < 4.78 is 0. The lowest BCUT2D eigenvalue weighted by molar-refractivity contribution is 0.390. The standard InChI is InChI=1S/C49H40/c1-30-26-40-31(2)47(32-14-6-5-7-15-32)39-25-23-33(28-42(39)41(40)27-30)49(44-20-12-9-17-36(44)37-18-10-13-21-45(37)49)34-22-24-38-35-16-8-11-19-43(35)48(3,4)46(38)29-34/h5-29,31,38,46-47H,1H2,2-4H3/t31-,38?,46?,47+/m1/s1. The molecule has 0 aliphatic heterocycles. The zero-order chi connectivity index (χ0) is 33.1. The highest BCUT2D eigenvalue weighted by Crippen LogP contribution is 2.61. The third kappa shape index (κ3) is 3.75. The molecular weight excluding hydrogens is 589 g/mol. The van der Waals surface area contributed by atoms with Crippen LogP contribution in [0.25, 0.3) is 16.7 Å². The molecule has 0 saturated carbocycles. The van der Waals surface area contributed by atoms with Gasteiger partial charge in [0.1, 0.15) is 0 Å². The maximum atomic E-state index is 4.42. The molecule has 0 nitrogen and oxygen atoms in total. The molecule has 0 bridgehead atoms. The van der Waals surface area contributed by atoms with Gasteiger partial charge in [-0.2, -0.15) is 0 Å². The smallest absolute Gasteiger partial charge is 0.0710 e. The normalized spacial score (nSPS) is 24.5. The number of rotatable bonds is 3. The minimum absolute atomic E-state index is 0.0275. The first-order valence-electron chi connectivity index (χ1n) is 17.9. The van der Waals surface area contributed by atoms with Crippen LogP contribution in [0.4, 0.5) is 0 Å². The van der Waals surface area contributed by atoms with Crippen LogP contribution in [0.1, 0.15) is 77.1 Å². The van der Waals surface area contributed by atoms with Gasteiger partial charge in [0.2, 0.25) is 0 Å². The quantitative estimate of drug-likeness (QED) is 0.186. The summed E-state index contributed by atoms with van der Waals surface area (Å²) in [5, 5.41) is 0. The van der Waals surface area contributed by atoms with Crippen molar-refractivity contribution < 1.29 is 0 Å². The second-order valence-corrected chi connectivity index (χ2v) is 15.4. The number of allylic oxidation sites excluding steroid dienone is 9. The van der Waals surface area contributed by atoms with E-state index in [0.29, 0.717) is 17.8 Å². The molecular formula is C49H40. The van der Waals surface area contributed by atoms with Crippen molar-refractivity contribution in [1.82, 2.24) is 0 Å². The maximum absolute atomic E-state index is 4.42. The second kappa shape index (κ2) is 10.2. The predicted octanol–water partition coefficient (Wildman–Crippen LogP) is 11.8. The number of benzene rings is 5. The SMILES string of the molecule is C=C1C=C2C(=C1)[C@@H](C)[C@@H](c1ccccc1)c1ccc(C3(C4=CC5C(C=C4)c4ccccc4C5(C)C)c4ccccc4-c4ccccc43)cc12. The molecule has 0 spiro atoms. The zero-order valence-electron chi connectivity index (χ0n) is 28.5. The lowest BCUT2D eigenvalue weighted by Crippen LogP contribution is -2.33. The second-order valence-electron chi connectivity index (χ2n) is 15.4. The molecule has 0 amide bonds. The Morgan fingerprint density at radius 1 is 0.633 bits per heavy atom. The third-order valence-corrected chi connectivity index (χ3v) is 12.7. The van der Waals surface area contributed by atoms with Crippen molar-refractivity contribution in [1.29, 1.82) is 0 Å². The van der Waals surface area contributed by atoms with E-state index in [9.17, 15) is 0 Å². The fraction of sp³-hybridized carbons (Fsp3) is 0.184. The van der Waals surface area contributed by atoms with E-state index in [4.69, 9.17) is 0 Å². The molecule has 0 N–H and O–H groups in total. The molecule has 0 radical (unpaired) electrons. The Bertz CT molecular complexity index is 2310. The Morgan fingerprint density at radius 2 is 1.29 bits per heavy atom. The average Bonchev–Trinajstić information content (AvgIpc) is 3.75.